The molecule has 2 aromatic carbocycles. The Morgan fingerprint density at radius 3 is 2.16 bits per heavy atom. The third kappa shape index (κ3) is 5.11. The Morgan fingerprint density at radius 2 is 1.60 bits per heavy atom. The number of hydrogen-bond donors (Lipinski definition) is 3. The molecule has 3 N–H and O–H groups in total. The van der Waals surface area contributed by atoms with Gasteiger partial charge in [0.15, 0.2) is 0 Å². The second-order valence-electron chi connectivity index (χ2n) is 5.85. The Labute approximate surface area is 156 Å². The van der Waals surface area contributed by atoms with Crippen molar-refractivity contribution in [3.8, 4) is 5.75 Å². The van der Waals surface area contributed by atoms with Crippen molar-refractivity contribution in [1.82, 2.24) is 5.32 Å². The Kier molecular flexibility index (Phi) is 6.28. The maximum Gasteiger partial charge on any atom is 0.255 e. The molecular weight excluding hydrogens is 363 g/mol. The van der Waals surface area contributed by atoms with Crippen molar-refractivity contribution in [2.75, 3.05) is 5.32 Å². The molecule has 0 aliphatic carbocycles. The van der Waals surface area contributed by atoms with Gasteiger partial charge in [0, 0.05) is 15.7 Å². The second kappa shape index (κ2) is 8.23. The number of phenols is 1. The molecule has 0 saturated carbocycles. The van der Waals surface area contributed by atoms with Gasteiger partial charge >= 0.3 is 0 Å². The van der Waals surface area contributed by atoms with E-state index in [1.54, 1.807) is 24.3 Å². The Morgan fingerprint density at radius 1 is 1.00 bits per heavy atom. The van der Waals surface area contributed by atoms with Crippen LogP contribution in [0.3, 0.4) is 0 Å². The highest BCUT2D eigenvalue weighted by molar-refractivity contribution is 6.31. The predicted molar refractivity (Wildman–Crippen MR) is 99.3 cm³/mol. The van der Waals surface area contributed by atoms with E-state index < -0.39 is 11.9 Å². The van der Waals surface area contributed by atoms with Gasteiger partial charge in [-0.3, -0.25) is 9.59 Å². The highest BCUT2D eigenvalue weighted by Crippen LogP contribution is 2.22. The van der Waals surface area contributed by atoms with Gasteiger partial charge in [0.1, 0.15) is 11.8 Å². The predicted octanol–water partition coefficient (Wildman–Crippen LogP) is 4.09. The van der Waals surface area contributed by atoms with Crippen molar-refractivity contribution < 1.29 is 14.7 Å². The molecule has 2 rings (SSSR count). The first-order chi connectivity index (χ1) is 11.8. The molecule has 0 aliphatic heterocycles. The molecule has 132 valence electrons. The summed E-state index contributed by atoms with van der Waals surface area (Å²) >= 11 is 11.6. The van der Waals surface area contributed by atoms with E-state index in [9.17, 15) is 14.7 Å². The van der Waals surface area contributed by atoms with Crippen LogP contribution in [0.25, 0.3) is 0 Å². The summed E-state index contributed by atoms with van der Waals surface area (Å²) < 4.78 is 0. The molecule has 2 amide bonds. The fourth-order valence-electron chi connectivity index (χ4n) is 2.20. The van der Waals surface area contributed by atoms with Crippen molar-refractivity contribution in [1.29, 1.82) is 0 Å². The molecular formula is C18H18Cl2N2O3. The SMILES string of the molecule is CC(C)[C@@H](NC(=O)c1ccc(Cl)cc1O)C(=O)Nc1ccc(Cl)cc1. The van der Waals surface area contributed by atoms with Crippen LogP contribution in [0, 0.1) is 5.92 Å². The lowest BCUT2D eigenvalue weighted by Gasteiger charge is -2.22. The van der Waals surface area contributed by atoms with Crippen LogP contribution in [0.15, 0.2) is 42.5 Å². The lowest BCUT2D eigenvalue weighted by Crippen LogP contribution is -2.47. The average Bonchev–Trinajstić information content (AvgIpc) is 2.54. The Hall–Kier alpha value is -2.24. The summed E-state index contributed by atoms with van der Waals surface area (Å²) in [5, 5.41) is 16.1. The van der Waals surface area contributed by atoms with Crippen molar-refractivity contribution in [2.24, 2.45) is 5.92 Å². The lowest BCUT2D eigenvalue weighted by molar-refractivity contribution is -0.118. The van der Waals surface area contributed by atoms with Crippen molar-refractivity contribution >= 4 is 40.7 Å². The number of benzene rings is 2. The van der Waals surface area contributed by atoms with Crippen molar-refractivity contribution in [2.45, 2.75) is 19.9 Å². The van der Waals surface area contributed by atoms with Gasteiger partial charge in [-0.25, -0.2) is 0 Å². The van der Waals surface area contributed by atoms with Crippen LogP contribution < -0.4 is 10.6 Å². The smallest absolute Gasteiger partial charge is 0.255 e. The number of anilines is 1. The molecule has 0 spiro atoms. The zero-order chi connectivity index (χ0) is 18.6. The molecule has 25 heavy (non-hydrogen) atoms. The first-order valence-electron chi connectivity index (χ1n) is 7.63. The fraction of sp³-hybridized carbons (Fsp3) is 0.222. The summed E-state index contributed by atoms with van der Waals surface area (Å²) in [7, 11) is 0. The summed E-state index contributed by atoms with van der Waals surface area (Å²) in [6.45, 7) is 3.63. The largest absolute Gasteiger partial charge is 0.507 e. The normalized spacial score (nSPS) is 11.9. The van der Waals surface area contributed by atoms with Gasteiger partial charge in [-0.15, -0.1) is 0 Å². The van der Waals surface area contributed by atoms with Gasteiger partial charge in [0.2, 0.25) is 5.91 Å². The van der Waals surface area contributed by atoms with Gasteiger partial charge in [0.05, 0.1) is 5.56 Å². The topological polar surface area (TPSA) is 78.4 Å². The number of aromatic hydroxyl groups is 1. The molecule has 0 aromatic heterocycles. The van der Waals surface area contributed by atoms with Gasteiger partial charge < -0.3 is 15.7 Å². The van der Waals surface area contributed by atoms with E-state index in [1.165, 1.54) is 18.2 Å². The molecule has 0 saturated heterocycles. The molecule has 0 radical (unpaired) electrons. The molecule has 0 aliphatic rings. The van der Waals surface area contributed by atoms with E-state index in [-0.39, 0.29) is 23.1 Å². The number of rotatable bonds is 5. The van der Waals surface area contributed by atoms with Crippen molar-refractivity contribution in [3.05, 3.63) is 58.1 Å². The summed E-state index contributed by atoms with van der Waals surface area (Å²) in [6, 6.07) is 10.1. The van der Waals surface area contributed by atoms with Gasteiger partial charge in [-0.05, 0) is 48.4 Å². The summed E-state index contributed by atoms with van der Waals surface area (Å²) in [5.41, 5.74) is 0.623. The van der Waals surface area contributed by atoms with Crippen LogP contribution in [0.4, 0.5) is 5.69 Å². The van der Waals surface area contributed by atoms with Crippen LogP contribution in [0.2, 0.25) is 10.0 Å². The minimum absolute atomic E-state index is 0.0503. The third-order valence-corrected chi connectivity index (χ3v) is 4.04. The number of nitrogens with one attached hydrogen (secondary N) is 2. The standard InChI is InChI=1S/C18H18Cl2N2O3/c1-10(2)16(18(25)21-13-6-3-11(19)4-7-13)22-17(24)14-8-5-12(20)9-15(14)23/h3-10,16,23H,1-2H3,(H,21,25)(H,22,24)/t16-/m1/s1. The van der Waals surface area contributed by atoms with Gasteiger partial charge in [-0.2, -0.15) is 0 Å². The average molecular weight is 381 g/mol. The highest BCUT2D eigenvalue weighted by atomic mass is 35.5. The number of carbonyl (C=O) groups excluding carboxylic acids is 2. The second-order valence-corrected chi connectivity index (χ2v) is 6.73. The molecule has 0 heterocycles. The highest BCUT2D eigenvalue weighted by Gasteiger charge is 2.25. The lowest BCUT2D eigenvalue weighted by atomic mass is 10.0. The van der Waals surface area contributed by atoms with Crippen LogP contribution in [-0.4, -0.2) is 23.0 Å². The quantitative estimate of drug-likeness (QED) is 0.730. The molecule has 0 fully saturated rings. The van der Waals surface area contributed by atoms with E-state index in [0.717, 1.165) is 0 Å². The number of hydrogen-bond acceptors (Lipinski definition) is 3. The van der Waals surface area contributed by atoms with Gasteiger partial charge in [-0.1, -0.05) is 37.0 Å². The maximum absolute atomic E-state index is 12.5. The Balaban J connectivity index is 2.13. The molecule has 5 nitrogen and oxygen atoms in total. The maximum atomic E-state index is 12.5. The summed E-state index contributed by atoms with van der Waals surface area (Å²) in [5.74, 6) is -1.32. The zero-order valence-corrected chi connectivity index (χ0v) is 15.2. The minimum Gasteiger partial charge on any atom is -0.507 e. The first-order valence-corrected chi connectivity index (χ1v) is 8.39. The van der Waals surface area contributed by atoms with E-state index in [2.05, 4.69) is 10.6 Å². The number of amides is 2. The van der Waals surface area contributed by atoms with Crippen molar-refractivity contribution in [3.63, 3.8) is 0 Å². The zero-order valence-electron chi connectivity index (χ0n) is 13.7. The first kappa shape index (κ1) is 19.1. The molecule has 0 bridgehead atoms. The molecule has 7 heteroatoms. The minimum atomic E-state index is -0.779. The van der Waals surface area contributed by atoms with Crippen LogP contribution >= 0.6 is 23.2 Å². The van der Waals surface area contributed by atoms with E-state index >= 15 is 0 Å². The molecule has 1 atom stereocenters. The third-order valence-electron chi connectivity index (χ3n) is 3.55. The number of halogens is 2. The van der Waals surface area contributed by atoms with E-state index in [1.807, 2.05) is 13.8 Å². The van der Waals surface area contributed by atoms with Crippen LogP contribution in [-0.2, 0) is 4.79 Å². The fourth-order valence-corrected chi connectivity index (χ4v) is 2.50. The molecule has 0 unspecified atom stereocenters. The van der Waals surface area contributed by atoms with Crippen LogP contribution in [0.1, 0.15) is 24.2 Å². The van der Waals surface area contributed by atoms with Crippen LogP contribution in [0.5, 0.6) is 5.75 Å². The number of carbonyl (C=O) groups is 2. The van der Waals surface area contributed by atoms with E-state index in [0.29, 0.717) is 15.7 Å². The van der Waals surface area contributed by atoms with Gasteiger partial charge in [0.25, 0.3) is 5.91 Å². The molecule has 2 aromatic rings. The monoisotopic (exact) mass is 380 g/mol. The Bertz CT molecular complexity index is 776. The van der Waals surface area contributed by atoms with E-state index in [4.69, 9.17) is 23.2 Å². The number of phenolic OH excluding ortho intramolecular Hbond substituents is 1. The summed E-state index contributed by atoms with van der Waals surface area (Å²) in [6.07, 6.45) is 0. The summed E-state index contributed by atoms with van der Waals surface area (Å²) in [4.78, 5) is 24.9.